The number of anilines is 1. The number of fused-ring (bicyclic) bond motifs is 1. The first-order valence-corrected chi connectivity index (χ1v) is 8.50. The van der Waals surface area contributed by atoms with Gasteiger partial charge in [0.1, 0.15) is 12.4 Å². The van der Waals surface area contributed by atoms with Gasteiger partial charge < -0.3 is 9.88 Å². The molecule has 0 saturated heterocycles. The van der Waals surface area contributed by atoms with Crippen LogP contribution in [0.1, 0.15) is 11.1 Å². The maximum absolute atomic E-state index is 13.9. The van der Waals surface area contributed by atoms with E-state index in [9.17, 15) is 14.0 Å². The Balaban J connectivity index is 1.94. The number of carbonyl (C=O) groups excluding carboxylic acids is 1. The number of pyridine rings is 1. The summed E-state index contributed by atoms with van der Waals surface area (Å²) in [6.07, 6.45) is 1.58. The van der Waals surface area contributed by atoms with E-state index < -0.39 is 5.82 Å². The summed E-state index contributed by atoms with van der Waals surface area (Å²) in [5.41, 5.74) is 2.60. The third kappa shape index (κ3) is 3.64. The Hall–Kier alpha value is -2.47. The van der Waals surface area contributed by atoms with Gasteiger partial charge in [0.25, 0.3) is 0 Å². The van der Waals surface area contributed by atoms with Crippen LogP contribution < -0.4 is 10.7 Å². The zero-order valence-electron chi connectivity index (χ0n) is 13.8. The summed E-state index contributed by atoms with van der Waals surface area (Å²) >= 11 is 3.18. The van der Waals surface area contributed by atoms with Gasteiger partial charge in [0.15, 0.2) is 5.43 Å². The minimum atomic E-state index is -0.515. The third-order valence-corrected chi connectivity index (χ3v) is 4.43. The molecule has 3 aromatic rings. The fourth-order valence-corrected chi connectivity index (χ4v) is 3.22. The van der Waals surface area contributed by atoms with Crippen molar-refractivity contribution in [3.8, 4) is 0 Å². The van der Waals surface area contributed by atoms with Gasteiger partial charge in [0.05, 0.1) is 11.2 Å². The smallest absolute Gasteiger partial charge is 0.244 e. The molecule has 0 aliphatic heterocycles. The van der Waals surface area contributed by atoms with E-state index >= 15 is 0 Å². The average molecular weight is 403 g/mol. The molecule has 128 valence electrons. The lowest BCUT2D eigenvalue weighted by Gasteiger charge is -2.13. The van der Waals surface area contributed by atoms with Crippen LogP contribution in [0.15, 0.2) is 51.9 Å². The molecule has 6 heteroatoms. The topological polar surface area (TPSA) is 51.1 Å². The van der Waals surface area contributed by atoms with E-state index in [0.717, 1.165) is 11.1 Å². The zero-order valence-corrected chi connectivity index (χ0v) is 15.4. The summed E-state index contributed by atoms with van der Waals surface area (Å²) in [5, 5.41) is 3.15. The van der Waals surface area contributed by atoms with Crippen LogP contribution in [0, 0.1) is 19.7 Å². The summed E-state index contributed by atoms with van der Waals surface area (Å²) in [7, 11) is 0. The van der Waals surface area contributed by atoms with Crippen molar-refractivity contribution in [3.05, 3.63) is 74.2 Å². The molecule has 0 atom stereocenters. The first-order chi connectivity index (χ1) is 11.8. The quantitative estimate of drug-likeness (QED) is 0.714. The number of hydrogen-bond acceptors (Lipinski definition) is 2. The molecule has 1 N–H and O–H groups in total. The monoisotopic (exact) mass is 402 g/mol. The molecular weight excluding hydrogens is 387 g/mol. The minimum absolute atomic E-state index is 0.0187. The lowest BCUT2D eigenvalue weighted by atomic mass is 10.1. The van der Waals surface area contributed by atoms with Crippen molar-refractivity contribution in [1.29, 1.82) is 0 Å². The molecule has 25 heavy (non-hydrogen) atoms. The lowest BCUT2D eigenvalue weighted by Crippen LogP contribution is -2.21. The van der Waals surface area contributed by atoms with Crippen LogP contribution in [0.5, 0.6) is 0 Å². The van der Waals surface area contributed by atoms with E-state index in [1.54, 1.807) is 16.8 Å². The number of halogens is 2. The number of nitrogens with zero attached hydrogens (tertiary/aromatic N) is 1. The number of hydrogen-bond donors (Lipinski definition) is 1. The number of rotatable bonds is 3. The summed E-state index contributed by atoms with van der Waals surface area (Å²) in [6.45, 7) is 3.79. The molecule has 0 aliphatic rings. The van der Waals surface area contributed by atoms with Crippen molar-refractivity contribution in [2.24, 2.45) is 0 Å². The van der Waals surface area contributed by atoms with E-state index in [4.69, 9.17) is 0 Å². The minimum Gasteiger partial charge on any atom is -0.338 e. The lowest BCUT2D eigenvalue weighted by molar-refractivity contribution is -0.116. The first kappa shape index (κ1) is 17.4. The summed E-state index contributed by atoms with van der Waals surface area (Å²) in [5.74, 6) is -0.885. The average Bonchev–Trinajstić information content (AvgIpc) is 2.52. The molecule has 4 nitrogen and oxygen atoms in total. The Labute approximate surface area is 152 Å². The van der Waals surface area contributed by atoms with Crippen LogP contribution in [-0.4, -0.2) is 10.5 Å². The van der Waals surface area contributed by atoms with Gasteiger partial charge in [-0.1, -0.05) is 22.0 Å². The van der Waals surface area contributed by atoms with Crippen molar-refractivity contribution in [2.45, 2.75) is 20.4 Å². The Morgan fingerprint density at radius 2 is 1.96 bits per heavy atom. The van der Waals surface area contributed by atoms with Crippen LogP contribution in [0.4, 0.5) is 10.1 Å². The molecule has 1 amide bonds. The fourth-order valence-electron chi connectivity index (χ4n) is 2.89. The molecule has 3 rings (SSSR count). The zero-order chi connectivity index (χ0) is 18.1. The number of aromatic nitrogens is 1. The molecule has 0 spiro atoms. The van der Waals surface area contributed by atoms with Gasteiger partial charge in [0, 0.05) is 22.1 Å². The van der Waals surface area contributed by atoms with Crippen molar-refractivity contribution in [1.82, 2.24) is 4.57 Å². The molecule has 2 aromatic carbocycles. The molecule has 0 fully saturated rings. The third-order valence-electron chi connectivity index (χ3n) is 3.94. The number of aryl methyl sites for hydroxylation is 2. The van der Waals surface area contributed by atoms with Gasteiger partial charge in [-0.3, -0.25) is 9.59 Å². The van der Waals surface area contributed by atoms with E-state index in [1.165, 1.54) is 18.2 Å². The van der Waals surface area contributed by atoms with Crippen molar-refractivity contribution >= 4 is 38.4 Å². The Bertz CT molecular complexity index is 1040. The van der Waals surface area contributed by atoms with Gasteiger partial charge in [-0.05, 0) is 49.2 Å². The van der Waals surface area contributed by atoms with E-state index in [1.807, 2.05) is 26.0 Å². The van der Waals surface area contributed by atoms with Crippen LogP contribution in [-0.2, 0) is 11.3 Å². The SMILES string of the molecule is Cc1cc(C)c2c(=O)ccn(CC(=O)Nc3ccc(Br)cc3F)c2c1. The molecule has 0 unspecified atom stereocenters. The fraction of sp³-hybridized carbons (Fsp3) is 0.158. The predicted molar refractivity (Wildman–Crippen MR) is 100 cm³/mol. The highest BCUT2D eigenvalue weighted by Gasteiger charge is 2.11. The molecule has 0 radical (unpaired) electrons. The molecule has 0 aliphatic carbocycles. The van der Waals surface area contributed by atoms with Gasteiger partial charge in [-0.15, -0.1) is 0 Å². The summed E-state index contributed by atoms with van der Waals surface area (Å²) in [4.78, 5) is 24.5. The predicted octanol–water partition coefficient (Wildman–Crippen LogP) is 4.16. The van der Waals surface area contributed by atoms with Gasteiger partial charge in [-0.25, -0.2) is 4.39 Å². The van der Waals surface area contributed by atoms with Crippen LogP contribution in [0.2, 0.25) is 0 Å². The van der Waals surface area contributed by atoms with Crippen molar-refractivity contribution < 1.29 is 9.18 Å². The van der Waals surface area contributed by atoms with Crippen LogP contribution >= 0.6 is 15.9 Å². The Kier molecular flexibility index (Phi) is 4.72. The summed E-state index contributed by atoms with van der Waals surface area (Å²) < 4.78 is 16.2. The molecule has 0 bridgehead atoms. The highest BCUT2D eigenvalue weighted by atomic mass is 79.9. The van der Waals surface area contributed by atoms with Crippen molar-refractivity contribution in [3.63, 3.8) is 0 Å². The molecule has 1 heterocycles. The van der Waals surface area contributed by atoms with Gasteiger partial charge in [-0.2, -0.15) is 0 Å². The number of nitrogens with one attached hydrogen (secondary N) is 1. The Morgan fingerprint density at radius 3 is 2.68 bits per heavy atom. The number of benzene rings is 2. The van der Waals surface area contributed by atoms with Gasteiger partial charge >= 0.3 is 0 Å². The second-order valence-corrected chi connectivity index (χ2v) is 6.87. The number of carbonyl (C=O) groups is 1. The molecular formula is C19H16BrFN2O2. The highest BCUT2D eigenvalue weighted by Crippen LogP contribution is 2.20. The largest absolute Gasteiger partial charge is 0.338 e. The molecule has 1 aromatic heterocycles. The van der Waals surface area contributed by atoms with E-state index in [2.05, 4.69) is 21.2 Å². The summed E-state index contributed by atoms with van der Waals surface area (Å²) in [6, 6.07) is 9.69. The molecule has 0 saturated carbocycles. The van der Waals surface area contributed by atoms with E-state index in [0.29, 0.717) is 15.4 Å². The van der Waals surface area contributed by atoms with Crippen molar-refractivity contribution in [2.75, 3.05) is 5.32 Å². The second kappa shape index (κ2) is 6.80. The highest BCUT2D eigenvalue weighted by molar-refractivity contribution is 9.10. The van der Waals surface area contributed by atoms with Crippen LogP contribution in [0.3, 0.4) is 0 Å². The first-order valence-electron chi connectivity index (χ1n) is 7.70. The normalized spacial score (nSPS) is 10.9. The number of amides is 1. The van der Waals surface area contributed by atoms with Crippen LogP contribution in [0.25, 0.3) is 10.9 Å². The van der Waals surface area contributed by atoms with E-state index in [-0.39, 0.29) is 23.6 Å². The standard InChI is InChI=1S/C19H16BrFN2O2/c1-11-7-12(2)19-16(8-11)23(6-5-17(19)24)10-18(25)22-15-4-3-13(20)9-14(15)21/h3-9H,10H2,1-2H3,(H,22,25). The maximum Gasteiger partial charge on any atom is 0.244 e. The Morgan fingerprint density at radius 1 is 1.20 bits per heavy atom. The maximum atomic E-state index is 13.9. The second-order valence-electron chi connectivity index (χ2n) is 5.96. The van der Waals surface area contributed by atoms with Gasteiger partial charge in [0.2, 0.25) is 5.91 Å².